The normalized spacial score (nSPS) is 51.9. The fourth-order valence-electron chi connectivity index (χ4n) is 15.4. The summed E-state index contributed by atoms with van der Waals surface area (Å²) in [5.74, 6) is -0.803. The van der Waals surface area contributed by atoms with Gasteiger partial charge in [0, 0.05) is 6.42 Å². The van der Waals surface area contributed by atoms with Crippen molar-refractivity contribution in [3.8, 4) is 0 Å². The van der Waals surface area contributed by atoms with Crippen molar-refractivity contribution in [3.63, 3.8) is 0 Å². The van der Waals surface area contributed by atoms with Crippen LogP contribution in [0.25, 0.3) is 0 Å². The highest BCUT2D eigenvalue weighted by molar-refractivity contribution is 5.81. The first-order chi connectivity index (χ1) is 39.6. The van der Waals surface area contributed by atoms with Crippen LogP contribution in [0.4, 0.5) is 0 Å². The second kappa shape index (κ2) is 26.8. The van der Waals surface area contributed by atoms with Crippen LogP contribution in [-0.2, 0) is 61.7 Å². The summed E-state index contributed by atoms with van der Waals surface area (Å²) in [4.78, 5) is 27.2. The van der Waals surface area contributed by atoms with Crippen molar-refractivity contribution in [1.82, 2.24) is 0 Å². The van der Waals surface area contributed by atoms with Gasteiger partial charge in [-0.25, -0.2) is 0 Å². The molecular formula is C57H92O27. The van der Waals surface area contributed by atoms with E-state index in [0.29, 0.717) is 38.5 Å². The molecule has 5 saturated heterocycles. The van der Waals surface area contributed by atoms with Gasteiger partial charge < -0.3 is 124 Å². The number of carbonyl (C=O) groups excluding carboxylic acids is 2. The van der Waals surface area contributed by atoms with Crippen molar-refractivity contribution in [1.29, 1.82) is 0 Å². The van der Waals surface area contributed by atoms with Crippen LogP contribution in [0.2, 0.25) is 0 Å². The van der Waals surface area contributed by atoms with E-state index in [2.05, 4.69) is 19.9 Å². The van der Waals surface area contributed by atoms with Gasteiger partial charge in [-0.2, -0.15) is 0 Å². The molecule has 84 heavy (non-hydrogen) atoms. The highest BCUT2D eigenvalue weighted by Crippen LogP contribution is 2.67. The van der Waals surface area contributed by atoms with E-state index in [1.807, 2.05) is 6.92 Å². The third-order valence-corrected chi connectivity index (χ3v) is 20.4. The average molecular weight is 1210 g/mol. The van der Waals surface area contributed by atoms with Crippen molar-refractivity contribution >= 4 is 11.8 Å². The van der Waals surface area contributed by atoms with Gasteiger partial charge in [0.15, 0.2) is 31.5 Å². The number of ether oxygens (including phenoxy) is 11. The molecule has 0 unspecified atom stereocenters. The molecule has 8 fully saturated rings. The summed E-state index contributed by atoms with van der Waals surface area (Å²) in [5, 5.41) is 149. The van der Waals surface area contributed by atoms with Gasteiger partial charge in [-0.15, -0.1) is 0 Å². The van der Waals surface area contributed by atoms with Crippen LogP contribution in [-0.4, -0.2) is 269 Å². The molecule has 3 saturated carbocycles. The molecule has 4 aliphatic carbocycles. The van der Waals surface area contributed by atoms with Crippen molar-refractivity contribution in [2.24, 2.45) is 40.4 Å². The highest BCUT2D eigenvalue weighted by atomic mass is 16.8. The van der Waals surface area contributed by atoms with Gasteiger partial charge in [-0.05, 0) is 114 Å². The SMILES string of the molecule is CC(=O)[C@H]1[C@H](OC(=O)CC[C@@H](C)CO[C@@H]2O[C@H](CO)[C@@H](O)[C@H](O)[C@H]2O)C[C@H]2[C@@H]3CC=C4C[C@@H](O[C@@H]5O[C@H](CO)[C@@H](O[C@@H]6O[C@@H](C)[C@H](O[C@@H]7O[C@@H](C)[C@H](O)[C@@H](O)[C@H]7O)[C@@H](O)[C@H]6O)[C@H](O)[C@H]5O[C@@H]5O[C@@H](C)[C@H](O)[C@@H](O)[C@H]5O)CC[C@]4(C)[C@H]3CC[C@@]21C. The zero-order chi connectivity index (χ0) is 61.2. The Morgan fingerprint density at radius 2 is 1.14 bits per heavy atom. The van der Waals surface area contributed by atoms with E-state index in [1.54, 1.807) is 6.92 Å². The molecule has 5 heterocycles. The number of ketones is 1. The lowest BCUT2D eigenvalue weighted by atomic mass is 9.47. The molecule has 14 N–H and O–H groups in total. The first kappa shape index (κ1) is 66.3. The molecule has 482 valence electrons. The van der Waals surface area contributed by atoms with Crippen molar-refractivity contribution in [2.45, 2.75) is 272 Å². The van der Waals surface area contributed by atoms with Gasteiger partial charge in [0.1, 0.15) is 116 Å². The third-order valence-electron chi connectivity index (χ3n) is 20.4. The molecule has 5 aliphatic heterocycles. The molecule has 0 amide bonds. The van der Waals surface area contributed by atoms with Crippen LogP contribution in [0, 0.1) is 40.4 Å². The van der Waals surface area contributed by atoms with Crippen molar-refractivity contribution in [2.75, 3.05) is 19.8 Å². The van der Waals surface area contributed by atoms with Crippen LogP contribution >= 0.6 is 0 Å². The minimum atomic E-state index is -1.90. The van der Waals surface area contributed by atoms with Gasteiger partial charge in [0.25, 0.3) is 0 Å². The van der Waals surface area contributed by atoms with Crippen LogP contribution in [0.15, 0.2) is 11.6 Å². The van der Waals surface area contributed by atoms with E-state index in [-0.39, 0.29) is 47.9 Å². The second-order valence-electron chi connectivity index (χ2n) is 25.9. The Hall–Kier alpha value is -2.08. The minimum Gasteiger partial charge on any atom is -0.462 e. The summed E-state index contributed by atoms with van der Waals surface area (Å²) in [5.41, 5.74) is 0.418. The number of aliphatic hydroxyl groups excluding tert-OH is 14. The van der Waals surface area contributed by atoms with Crippen LogP contribution < -0.4 is 0 Å². The molecule has 0 spiro atoms. The predicted octanol–water partition coefficient (Wildman–Crippen LogP) is -3.35. The van der Waals surface area contributed by atoms with Crippen molar-refractivity contribution in [3.05, 3.63) is 11.6 Å². The molecule has 0 aromatic rings. The maximum atomic E-state index is 13.6. The lowest BCUT2D eigenvalue weighted by Crippen LogP contribution is -2.67. The Morgan fingerprint density at radius 1 is 0.595 bits per heavy atom. The molecule has 34 atom stereocenters. The summed E-state index contributed by atoms with van der Waals surface area (Å²) < 4.78 is 65.8. The average Bonchev–Trinajstić information content (AvgIpc) is 1.86. The lowest BCUT2D eigenvalue weighted by molar-refractivity contribution is -0.394. The topological polar surface area (TPSA) is 419 Å². The third kappa shape index (κ3) is 12.8. The monoisotopic (exact) mass is 1210 g/mol. The number of rotatable bonds is 18. The standard InChI is InChI=1S/C57H92O27/c1-21(20-74-51-43(69)41(67)38(64)32(18-58)80-51)8-11-34(61)79-31-17-30-28-10-9-26-16-27(12-14-56(26,6)29(28)13-15-57(30,7)35(31)22(2)60)78-55-50(84-53-45(71)40(66)37(63)24(4)76-53)47(73)49(33(19-59)81-55)83-54-46(72)42(68)48(25(5)77-54)82-52-44(70)39(65)36(62)23(3)75-52/h9,21,23-25,27-33,35-55,58-59,62-73H,8,10-20H2,1-7H3/t21-,23+,24+,25+,27+,28-,29+,30+,31-,32-,33-,35+,36+,37+,38-,39-,40-,41+,42+,43-,44-,45-,46-,47+,48+,49-,50-,51-,52+,53+,54+,55-,56+,57+/m1/s1. The molecule has 0 aromatic carbocycles. The van der Waals surface area contributed by atoms with E-state index in [4.69, 9.17) is 52.1 Å². The van der Waals surface area contributed by atoms with E-state index >= 15 is 0 Å². The fraction of sp³-hybridized carbons (Fsp3) is 0.930. The van der Waals surface area contributed by atoms with E-state index < -0.39 is 196 Å². The number of hydrogen-bond acceptors (Lipinski definition) is 27. The fourth-order valence-corrected chi connectivity index (χ4v) is 15.4. The number of allylic oxidation sites excluding steroid dienone is 1. The van der Waals surface area contributed by atoms with Crippen LogP contribution in [0.5, 0.6) is 0 Å². The number of Topliss-reactive ketones (excluding diaryl/α,β-unsaturated/α-hetero) is 1. The van der Waals surface area contributed by atoms with E-state index in [9.17, 15) is 81.1 Å². The first-order valence-electron chi connectivity index (χ1n) is 29.9. The maximum absolute atomic E-state index is 13.6. The number of fused-ring (bicyclic) bond motifs is 5. The Morgan fingerprint density at radius 3 is 1.75 bits per heavy atom. The Bertz CT molecular complexity index is 2250. The maximum Gasteiger partial charge on any atom is 0.306 e. The molecule has 9 rings (SSSR count). The van der Waals surface area contributed by atoms with Gasteiger partial charge in [-0.3, -0.25) is 9.59 Å². The van der Waals surface area contributed by atoms with E-state index in [1.165, 1.54) is 20.8 Å². The zero-order valence-corrected chi connectivity index (χ0v) is 48.6. The van der Waals surface area contributed by atoms with Crippen LogP contribution in [0.1, 0.15) is 106 Å². The summed E-state index contributed by atoms with van der Waals surface area (Å²) in [6, 6.07) is 0. The summed E-state index contributed by atoms with van der Waals surface area (Å²) in [6.45, 7) is 10.8. The zero-order valence-electron chi connectivity index (χ0n) is 48.6. The molecular weight excluding hydrogens is 1120 g/mol. The predicted molar refractivity (Wildman–Crippen MR) is 282 cm³/mol. The highest BCUT2D eigenvalue weighted by Gasteiger charge is 2.64. The molecule has 0 radical (unpaired) electrons. The Kier molecular flexibility index (Phi) is 21.2. The molecule has 0 bridgehead atoms. The summed E-state index contributed by atoms with van der Waals surface area (Å²) >= 11 is 0. The quantitative estimate of drug-likeness (QED) is 0.0471. The van der Waals surface area contributed by atoms with Gasteiger partial charge in [0.2, 0.25) is 0 Å². The number of hydrogen-bond donors (Lipinski definition) is 14. The Balaban J connectivity index is 0.851. The van der Waals surface area contributed by atoms with Crippen LogP contribution in [0.3, 0.4) is 0 Å². The van der Waals surface area contributed by atoms with E-state index in [0.717, 1.165) is 18.4 Å². The number of esters is 1. The minimum absolute atomic E-state index is 0.0315. The molecule has 27 nitrogen and oxygen atoms in total. The lowest BCUT2D eigenvalue weighted by Gasteiger charge is -2.58. The molecule has 0 aromatic heterocycles. The van der Waals surface area contributed by atoms with Gasteiger partial charge >= 0.3 is 5.97 Å². The van der Waals surface area contributed by atoms with Gasteiger partial charge in [-0.1, -0.05) is 32.4 Å². The molecule has 27 heteroatoms. The summed E-state index contributed by atoms with van der Waals surface area (Å²) in [7, 11) is 0. The van der Waals surface area contributed by atoms with Crippen molar-refractivity contribution < 1.29 is 133 Å². The smallest absolute Gasteiger partial charge is 0.306 e. The summed E-state index contributed by atoms with van der Waals surface area (Å²) in [6.07, 6.45) is -32.2. The van der Waals surface area contributed by atoms with Gasteiger partial charge in [0.05, 0.1) is 50.2 Å². The Labute approximate surface area is 487 Å². The first-order valence-corrected chi connectivity index (χ1v) is 29.9. The number of carbonyl (C=O) groups is 2. The largest absolute Gasteiger partial charge is 0.462 e. The second-order valence-corrected chi connectivity index (χ2v) is 25.9. The molecule has 9 aliphatic rings. The number of aliphatic hydroxyl groups is 14.